The molecule has 0 bridgehead atoms. The smallest absolute Gasteiger partial charge is 0.122 e. The van der Waals surface area contributed by atoms with E-state index in [9.17, 15) is 0 Å². The van der Waals surface area contributed by atoms with Gasteiger partial charge in [0.15, 0.2) is 0 Å². The lowest BCUT2D eigenvalue weighted by molar-refractivity contribution is 0.148. The van der Waals surface area contributed by atoms with Crippen molar-refractivity contribution in [3.05, 3.63) is 28.8 Å². The predicted molar refractivity (Wildman–Crippen MR) is 75.2 cm³/mol. The molecule has 0 amide bonds. The number of methoxy groups -OCH3 is 1. The van der Waals surface area contributed by atoms with Crippen LogP contribution in [0.5, 0.6) is 5.75 Å². The summed E-state index contributed by atoms with van der Waals surface area (Å²) in [5, 5.41) is 0. The summed E-state index contributed by atoms with van der Waals surface area (Å²) < 4.78 is 5.36. The van der Waals surface area contributed by atoms with Gasteiger partial charge in [0.1, 0.15) is 5.75 Å². The molecule has 1 aliphatic heterocycles. The first-order valence-electron chi connectivity index (χ1n) is 6.65. The fourth-order valence-corrected chi connectivity index (χ4v) is 2.49. The summed E-state index contributed by atoms with van der Waals surface area (Å²) in [7, 11) is 3.93. The number of hydrogen-bond donors (Lipinski definition) is 0. The molecule has 3 heteroatoms. The van der Waals surface area contributed by atoms with Crippen molar-refractivity contribution in [2.24, 2.45) is 0 Å². The van der Waals surface area contributed by atoms with Crippen molar-refractivity contribution in [1.82, 2.24) is 9.80 Å². The van der Waals surface area contributed by atoms with E-state index in [1.165, 1.54) is 42.9 Å². The maximum absolute atomic E-state index is 5.36. The molecule has 1 aromatic rings. The molecule has 0 aromatic heterocycles. The molecule has 1 aromatic carbocycles. The fourth-order valence-electron chi connectivity index (χ4n) is 2.49. The molecule has 1 aliphatic rings. The van der Waals surface area contributed by atoms with Crippen LogP contribution in [0.25, 0.3) is 0 Å². The number of benzene rings is 1. The van der Waals surface area contributed by atoms with Crippen LogP contribution in [0.2, 0.25) is 0 Å². The first-order chi connectivity index (χ1) is 8.61. The molecule has 0 N–H and O–H groups in total. The minimum atomic E-state index is 0.995. The molecule has 0 aliphatic carbocycles. The second kappa shape index (κ2) is 5.72. The van der Waals surface area contributed by atoms with E-state index in [-0.39, 0.29) is 0 Å². The second-order valence-corrected chi connectivity index (χ2v) is 5.26. The first kappa shape index (κ1) is 13.4. The van der Waals surface area contributed by atoms with E-state index >= 15 is 0 Å². The maximum Gasteiger partial charge on any atom is 0.122 e. The molecule has 100 valence electrons. The summed E-state index contributed by atoms with van der Waals surface area (Å²) in [6.45, 7) is 10.1. The highest BCUT2D eigenvalue weighted by Gasteiger charge is 2.15. The normalized spacial score (nSPS) is 18.0. The van der Waals surface area contributed by atoms with E-state index < -0.39 is 0 Å². The van der Waals surface area contributed by atoms with Gasteiger partial charge in [0.05, 0.1) is 7.11 Å². The Hall–Kier alpha value is -1.06. The molecule has 0 unspecified atom stereocenters. The molecule has 2 rings (SSSR count). The Labute approximate surface area is 110 Å². The van der Waals surface area contributed by atoms with E-state index in [1.807, 2.05) is 0 Å². The number of rotatable bonds is 3. The lowest BCUT2D eigenvalue weighted by atomic mass is 10.0. The molecule has 0 spiro atoms. The highest BCUT2D eigenvalue weighted by Crippen LogP contribution is 2.24. The van der Waals surface area contributed by atoms with Gasteiger partial charge in [0, 0.05) is 32.7 Å². The van der Waals surface area contributed by atoms with Gasteiger partial charge in [-0.25, -0.2) is 0 Å². The van der Waals surface area contributed by atoms with Gasteiger partial charge in [-0.2, -0.15) is 0 Å². The van der Waals surface area contributed by atoms with Gasteiger partial charge < -0.3 is 9.64 Å². The molecule has 1 fully saturated rings. The monoisotopic (exact) mass is 248 g/mol. The van der Waals surface area contributed by atoms with Crippen molar-refractivity contribution in [3.8, 4) is 5.75 Å². The molecule has 0 saturated carbocycles. The number of nitrogens with zero attached hydrogens (tertiary/aromatic N) is 2. The molecule has 0 atom stereocenters. The molecule has 1 saturated heterocycles. The summed E-state index contributed by atoms with van der Waals surface area (Å²) in [4.78, 5) is 4.93. The number of piperazine rings is 1. The summed E-state index contributed by atoms with van der Waals surface area (Å²) in [5.41, 5.74) is 4.07. The largest absolute Gasteiger partial charge is 0.496 e. The topological polar surface area (TPSA) is 15.7 Å². The van der Waals surface area contributed by atoms with Crippen LogP contribution in [0.1, 0.15) is 16.7 Å². The average molecular weight is 248 g/mol. The van der Waals surface area contributed by atoms with Crippen LogP contribution in [0.4, 0.5) is 0 Å². The minimum Gasteiger partial charge on any atom is -0.496 e. The van der Waals surface area contributed by atoms with E-state index in [1.54, 1.807) is 7.11 Å². The van der Waals surface area contributed by atoms with Crippen molar-refractivity contribution in [3.63, 3.8) is 0 Å². The van der Waals surface area contributed by atoms with Crippen LogP contribution >= 0.6 is 0 Å². The predicted octanol–water partition coefficient (Wildman–Crippen LogP) is 2.06. The minimum absolute atomic E-state index is 0.995. The third kappa shape index (κ3) is 2.85. The number of hydrogen-bond acceptors (Lipinski definition) is 3. The Balaban J connectivity index is 2.08. The van der Waals surface area contributed by atoms with Gasteiger partial charge in [-0.3, -0.25) is 4.90 Å². The Kier molecular flexibility index (Phi) is 4.25. The van der Waals surface area contributed by atoms with Gasteiger partial charge in [-0.05, 0) is 43.7 Å². The Morgan fingerprint density at radius 2 is 1.72 bits per heavy atom. The van der Waals surface area contributed by atoms with E-state index in [2.05, 4.69) is 42.8 Å². The summed E-state index contributed by atoms with van der Waals surface area (Å²) in [6.07, 6.45) is 0. The Morgan fingerprint density at radius 1 is 1.06 bits per heavy atom. The van der Waals surface area contributed by atoms with Gasteiger partial charge in [-0.1, -0.05) is 6.07 Å². The Bertz CT molecular complexity index is 409. The molecular formula is C15H24N2O. The van der Waals surface area contributed by atoms with Crippen LogP contribution in [0.3, 0.4) is 0 Å². The molecule has 1 heterocycles. The fraction of sp³-hybridized carbons (Fsp3) is 0.600. The highest BCUT2D eigenvalue weighted by atomic mass is 16.5. The SMILES string of the molecule is COc1ccc(CN2CCN(C)CC2)c(C)c1C. The summed E-state index contributed by atoms with van der Waals surface area (Å²) >= 11 is 0. The van der Waals surface area contributed by atoms with E-state index in [4.69, 9.17) is 4.74 Å². The highest BCUT2D eigenvalue weighted by molar-refractivity contribution is 5.43. The average Bonchev–Trinajstić information content (AvgIpc) is 2.38. The number of ether oxygens (including phenoxy) is 1. The van der Waals surface area contributed by atoms with Crippen LogP contribution in [-0.4, -0.2) is 50.1 Å². The molecule has 3 nitrogen and oxygen atoms in total. The number of likely N-dealkylation sites (N-methyl/N-ethyl adjacent to an activating group) is 1. The zero-order chi connectivity index (χ0) is 13.1. The molecular weight excluding hydrogens is 224 g/mol. The van der Waals surface area contributed by atoms with Crippen molar-refractivity contribution in [2.45, 2.75) is 20.4 Å². The summed E-state index contributed by atoms with van der Waals surface area (Å²) in [6, 6.07) is 4.30. The quantitative estimate of drug-likeness (QED) is 0.814. The third-order valence-corrected chi connectivity index (χ3v) is 4.06. The second-order valence-electron chi connectivity index (χ2n) is 5.26. The van der Waals surface area contributed by atoms with Crippen molar-refractivity contribution in [1.29, 1.82) is 0 Å². The lowest BCUT2D eigenvalue weighted by Gasteiger charge is -2.32. The van der Waals surface area contributed by atoms with Crippen LogP contribution in [0, 0.1) is 13.8 Å². The van der Waals surface area contributed by atoms with Crippen molar-refractivity contribution in [2.75, 3.05) is 40.3 Å². The van der Waals surface area contributed by atoms with E-state index in [0.29, 0.717) is 0 Å². The summed E-state index contributed by atoms with van der Waals surface area (Å²) in [5.74, 6) is 0.995. The molecule has 0 radical (unpaired) electrons. The van der Waals surface area contributed by atoms with Gasteiger partial charge >= 0.3 is 0 Å². The van der Waals surface area contributed by atoms with Crippen molar-refractivity contribution < 1.29 is 4.74 Å². The van der Waals surface area contributed by atoms with Gasteiger partial charge in [0.2, 0.25) is 0 Å². The van der Waals surface area contributed by atoms with Gasteiger partial charge in [0.25, 0.3) is 0 Å². The van der Waals surface area contributed by atoms with Crippen molar-refractivity contribution >= 4 is 0 Å². The standard InChI is InChI=1S/C15H24N2O/c1-12-13(2)15(18-4)6-5-14(12)11-17-9-7-16(3)8-10-17/h5-6H,7-11H2,1-4H3. The zero-order valence-corrected chi connectivity index (χ0v) is 12.0. The lowest BCUT2D eigenvalue weighted by Crippen LogP contribution is -2.43. The van der Waals surface area contributed by atoms with Crippen LogP contribution in [0.15, 0.2) is 12.1 Å². The maximum atomic E-state index is 5.36. The Morgan fingerprint density at radius 3 is 2.33 bits per heavy atom. The molecule has 18 heavy (non-hydrogen) atoms. The first-order valence-corrected chi connectivity index (χ1v) is 6.65. The van der Waals surface area contributed by atoms with Gasteiger partial charge in [-0.15, -0.1) is 0 Å². The van der Waals surface area contributed by atoms with Crippen LogP contribution < -0.4 is 4.74 Å². The third-order valence-electron chi connectivity index (χ3n) is 4.06. The van der Waals surface area contributed by atoms with E-state index in [0.717, 1.165) is 12.3 Å². The van der Waals surface area contributed by atoms with Crippen LogP contribution in [-0.2, 0) is 6.54 Å². The zero-order valence-electron chi connectivity index (χ0n) is 12.0.